The van der Waals surface area contributed by atoms with Gasteiger partial charge in [0.2, 0.25) is 0 Å². The highest BCUT2D eigenvalue weighted by molar-refractivity contribution is 5.81. The number of nitrogens with zero attached hydrogens (tertiary/aromatic N) is 1. The van der Waals surface area contributed by atoms with Crippen molar-refractivity contribution in [2.24, 2.45) is 11.1 Å². The maximum absolute atomic E-state index is 12.4. The van der Waals surface area contributed by atoms with Gasteiger partial charge < -0.3 is 15.4 Å². The Morgan fingerprint density at radius 1 is 1.33 bits per heavy atom. The Balaban J connectivity index is 1.89. The number of amides is 1. The second kappa shape index (κ2) is 5.57. The topological polar surface area (TPSA) is 55.6 Å². The number of carbonyl (C=O) groups excluding carboxylic acids is 1. The lowest BCUT2D eigenvalue weighted by Gasteiger charge is -2.25. The van der Waals surface area contributed by atoms with Gasteiger partial charge in [-0.25, -0.2) is 0 Å². The molecule has 2 unspecified atom stereocenters. The van der Waals surface area contributed by atoms with Gasteiger partial charge in [-0.2, -0.15) is 0 Å². The van der Waals surface area contributed by atoms with Gasteiger partial charge in [-0.3, -0.25) is 4.79 Å². The molecule has 0 aromatic rings. The monoisotopic (exact) mass is 254 g/mol. The van der Waals surface area contributed by atoms with Crippen molar-refractivity contribution in [2.75, 3.05) is 19.6 Å². The first-order valence-corrected chi connectivity index (χ1v) is 7.16. The maximum atomic E-state index is 12.4. The molecular weight excluding hydrogens is 228 g/mol. The first-order chi connectivity index (χ1) is 8.52. The lowest BCUT2D eigenvalue weighted by molar-refractivity contribution is -0.142. The van der Waals surface area contributed by atoms with Crippen LogP contribution < -0.4 is 5.73 Å². The van der Waals surface area contributed by atoms with Crippen LogP contribution in [0.1, 0.15) is 46.0 Å². The third-order valence-corrected chi connectivity index (χ3v) is 4.30. The second-order valence-electron chi connectivity index (χ2n) is 6.40. The third-order valence-electron chi connectivity index (χ3n) is 4.30. The zero-order valence-corrected chi connectivity index (χ0v) is 11.7. The normalized spacial score (nSPS) is 32.3. The Morgan fingerprint density at radius 3 is 2.78 bits per heavy atom. The summed E-state index contributed by atoms with van der Waals surface area (Å²) in [4.78, 5) is 14.4. The summed E-state index contributed by atoms with van der Waals surface area (Å²) in [6, 6.07) is 0. The fourth-order valence-electron chi connectivity index (χ4n) is 2.91. The molecule has 18 heavy (non-hydrogen) atoms. The van der Waals surface area contributed by atoms with E-state index in [9.17, 15) is 4.79 Å². The van der Waals surface area contributed by atoms with Crippen LogP contribution in [0.25, 0.3) is 0 Å². The Morgan fingerprint density at radius 2 is 2.11 bits per heavy atom. The van der Waals surface area contributed by atoms with E-state index in [4.69, 9.17) is 10.5 Å². The van der Waals surface area contributed by atoms with Crippen molar-refractivity contribution in [3.8, 4) is 0 Å². The molecule has 2 atom stereocenters. The molecule has 0 aromatic heterocycles. The molecule has 1 amide bonds. The maximum Gasteiger partial charge on any atom is 0.251 e. The smallest absolute Gasteiger partial charge is 0.251 e. The van der Waals surface area contributed by atoms with E-state index in [-0.39, 0.29) is 18.1 Å². The van der Waals surface area contributed by atoms with Crippen molar-refractivity contribution in [1.82, 2.24) is 4.90 Å². The molecule has 2 heterocycles. The molecular formula is C14H26N2O2. The van der Waals surface area contributed by atoms with Crippen LogP contribution >= 0.6 is 0 Å². The molecule has 2 N–H and O–H groups in total. The number of ether oxygens (including phenoxy) is 1. The molecule has 2 saturated heterocycles. The van der Waals surface area contributed by atoms with Gasteiger partial charge in [0.1, 0.15) is 6.10 Å². The molecule has 4 heteroatoms. The van der Waals surface area contributed by atoms with Crippen LogP contribution in [-0.2, 0) is 9.53 Å². The van der Waals surface area contributed by atoms with Gasteiger partial charge in [0.25, 0.3) is 5.91 Å². The number of carbonyl (C=O) groups is 1. The molecule has 0 saturated carbocycles. The number of likely N-dealkylation sites (tertiary alicyclic amines) is 1. The van der Waals surface area contributed by atoms with Gasteiger partial charge in [0.05, 0.1) is 6.10 Å². The summed E-state index contributed by atoms with van der Waals surface area (Å²) in [5, 5.41) is 0. The highest BCUT2D eigenvalue weighted by Crippen LogP contribution is 2.30. The third kappa shape index (κ3) is 3.23. The summed E-state index contributed by atoms with van der Waals surface area (Å²) in [6.45, 7) is 6.86. The molecule has 0 radical (unpaired) electrons. The molecule has 2 fully saturated rings. The van der Waals surface area contributed by atoms with Crippen LogP contribution in [0.15, 0.2) is 0 Å². The first-order valence-electron chi connectivity index (χ1n) is 7.16. The lowest BCUT2D eigenvalue weighted by atomic mass is 9.85. The molecule has 2 rings (SSSR count). The largest absolute Gasteiger partial charge is 0.364 e. The SMILES string of the molecule is CC1(C)CCCN(C(=O)C2CCC(CN)O2)CC1. The Bertz CT molecular complexity index is 304. The predicted molar refractivity (Wildman–Crippen MR) is 71.2 cm³/mol. The van der Waals surface area contributed by atoms with E-state index < -0.39 is 0 Å². The van der Waals surface area contributed by atoms with Crippen LogP contribution in [0, 0.1) is 5.41 Å². The average Bonchev–Trinajstić information content (AvgIpc) is 2.74. The van der Waals surface area contributed by atoms with Crippen molar-refractivity contribution in [3.05, 3.63) is 0 Å². The minimum Gasteiger partial charge on any atom is -0.364 e. The van der Waals surface area contributed by atoms with E-state index in [2.05, 4.69) is 13.8 Å². The predicted octanol–water partition coefficient (Wildman–Crippen LogP) is 1.53. The van der Waals surface area contributed by atoms with Crippen molar-refractivity contribution in [2.45, 2.75) is 58.2 Å². The van der Waals surface area contributed by atoms with E-state index in [1.54, 1.807) is 0 Å². The number of hydrogen-bond acceptors (Lipinski definition) is 3. The minimum absolute atomic E-state index is 0.0855. The van der Waals surface area contributed by atoms with E-state index in [0.717, 1.165) is 38.8 Å². The van der Waals surface area contributed by atoms with Crippen LogP contribution in [0.3, 0.4) is 0 Å². The highest BCUT2D eigenvalue weighted by atomic mass is 16.5. The average molecular weight is 254 g/mol. The van der Waals surface area contributed by atoms with Gasteiger partial charge in [-0.15, -0.1) is 0 Å². The second-order valence-corrected chi connectivity index (χ2v) is 6.40. The van der Waals surface area contributed by atoms with Crippen LogP contribution in [0.2, 0.25) is 0 Å². The van der Waals surface area contributed by atoms with Gasteiger partial charge >= 0.3 is 0 Å². The summed E-state index contributed by atoms with van der Waals surface area (Å²) in [5.41, 5.74) is 5.95. The summed E-state index contributed by atoms with van der Waals surface area (Å²) >= 11 is 0. The zero-order chi connectivity index (χ0) is 13.2. The van der Waals surface area contributed by atoms with E-state index in [1.165, 1.54) is 6.42 Å². The fourth-order valence-corrected chi connectivity index (χ4v) is 2.91. The molecule has 104 valence electrons. The van der Waals surface area contributed by atoms with Crippen molar-refractivity contribution in [3.63, 3.8) is 0 Å². The number of hydrogen-bond donors (Lipinski definition) is 1. The van der Waals surface area contributed by atoms with E-state index in [1.807, 2.05) is 4.90 Å². The van der Waals surface area contributed by atoms with E-state index >= 15 is 0 Å². The van der Waals surface area contributed by atoms with Crippen molar-refractivity contribution < 1.29 is 9.53 Å². The number of nitrogens with two attached hydrogens (primary N) is 1. The van der Waals surface area contributed by atoms with Gasteiger partial charge in [-0.1, -0.05) is 13.8 Å². The summed E-state index contributed by atoms with van der Waals surface area (Å²) < 4.78 is 5.70. The van der Waals surface area contributed by atoms with Gasteiger partial charge in [-0.05, 0) is 37.5 Å². The molecule has 0 bridgehead atoms. The quantitative estimate of drug-likeness (QED) is 0.813. The van der Waals surface area contributed by atoms with Gasteiger partial charge in [0, 0.05) is 19.6 Å². The Labute approximate surface area is 110 Å². The summed E-state index contributed by atoms with van der Waals surface area (Å²) in [6.07, 6.45) is 5.00. The Hall–Kier alpha value is -0.610. The molecule has 2 aliphatic rings. The molecule has 2 aliphatic heterocycles. The zero-order valence-electron chi connectivity index (χ0n) is 11.7. The summed E-state index contributed by atoms with van der Waals surface area (Å²) in [5.74, 6) is 0.184. The molecule has 0 aromatic carbocycles. The van der Waals surface area contributed by atoms with Crippen LogP contribution in [-0.4, -0.2) is 42.6 Å². The van der Waals surface area contributed by atoms with Gasteiger partial charge in [0.15, 0.2) is 0 Å². The Kier molecular flexibility index (Phi) is 4.28. The van der Waals surface area contributed by atoms with Crippen molar-refractivity contribution in [1.29, 1.82) is 0 Å². The minimum atomic E-state index is -0.236. The lowest BCUT2D eigenvalue weighted by Crippen LogP contribution is -2.40. The first kappa shape index (κ1) is 13.8. The van der Waals surface area contributed by atoms with E-state index in [0.29, 0.717) is 12.0 Å². The number of rotatable bonds is 2. The molecule has 0 spiro atoms. The van der Waals surface area contributed by atoms with Crippen molar-refractivity contribution >= 4 is 5.91 Å². The highest BCUT2D eigenvalue weighted by Gasteiger charge is 2.34. The molecule has 0 aliphatic carbocycles. The standard InChI is InChI=1S/C14H26N2O2/c1-14(2)6-3-8-16(9-7-14)13(17)12-5-4-11(10-15)18-12/h11-12H,3-10,15H2,1-2H3. The van der Waals surface area contributed by atoms with Crippen LogP contribution in [0.4, 0.5) is 0 Å². The van der Waals surface area contributed by atoms with Crippen LogP contribution in [0.5, 0.6) is 0 Å². The summed E-state index contributed by atoms with van der Waals surface area (Å²) in [7, 11) is 0. The fraction of sp³-hybridized carbons (Fsp3) is 0.929. The molecule has 4 nitrogen and oxygen atoms in total.